The molecular weight excluding hydrogens is 410 g/mol. The zero-order chi connectivity index (χ0) is 21.7. The van der Waals surface area contributed by atoms with Crippen molar-refractivity contribution in [3.8, 4) is 0 Å². The van der Waals surface area contributed by atoms with Gasteiger partial charge in [0.15, 0.2) is 0 Å². The molecule has 4 rings (SSSR count). The molecular formula is C24H31N3O3S. The van der Waals surface area contributed by atoms with E-state index in [9.17, 15) is 13.2 Å². The summed E-state index contributed by atoms with van der Waals surface area (Å²) in [5.74, 6) is -0.183. The quantitative estimate of drug-likeness (QED) is 0.719. The summed E-state index contributed by atoms with van der Waals surface area (Å²) in [7, 11) is -3.64. The SMILES string of the molecule is O=C(NC1CCCCCC1)c1cccc(S(=O)(=O)N2CCN(c3ccccc3)CC2)c1. The molecule has 6 nitrogen and oxygen atoms in total. The van der Waals surface area contributed by atoms with Gasteiger partial charge in [-0.05, 0) is 43.2 Å². The normalized spacial score (nSPS) is 19.0. The molecule has 1 heterocycles. The molecule has 0 spiro atoms. The predicted octanol–water partition coefficient (Wildman–Crippen LogP) is 3.65. The Bertz CT molecular complexity index is 978. The Morgan fingerprint density at radius 3 is 2.19 bits per heavy atom. The number of nitrogens with zero attached hydrogens (tertiary/aromatic N) is 2. The Balaban J connectivity index is 1.42. The van der Waals surface area contributed by atoms with Gasteiger partial charge < -0.3 is 10.2 Å². The molecule has 2 aromatic carbocycles. The molecule has 0 aromatic heterocycles. The molecule has 1 saturated carbocycles. The van der Waals surface area contributed by atoms with Crippen molar-refractivity contribution >= 4 is 21.6 Å². The summed E-state index contributed by atoms with van der Waals surface area (Å²) in [5.41, 5.74) is 1.52. The highest BCUT2D eigenvalue weighted by molar-refractivity contribution is 7.89. The van der Waals surface area contributed by atoms with Crippen LogP contribution < -0.4 is 10.2 Å². The fraction of sp³-hybridized carbons (Fsp3) is 0.458. The third-order valence-corrected chi connectivity index (χ3v) is 8.18. The number of nitrogens with one attached hydrogen (secondary N) is 1. The van der Waals surface area contributed by atoms with Crippen LogP contribution in [0.1, 0.15) is 48.9 Å². The van der Waals surface area contributed by atoms with Crippen molar-refractivity contribution in [3.63, 3.8) is 0 Å². The standard InChI is InChI=1S/C24H31N3O3S/c28-24(25-21-10-4-1-2-5-11-21)20-9-8-14-23(19-20)31(29,30)27-17-15-26(16-18-27)22-12-6-3-7-13-22/h3,6-9,12-14,19,21H,1-2,4-5,10-11,15-18H2,(H,25,28). The summed E-state index contributed by atoms with van der Waals surface area (Å²) < 4.78 is 28.0. The second-order valence-corrected chi connectivity index (χ2v) is 10.4. The molecule has 166 valence electrons. The van der Waals surface area contributed by atoms with E-state index in [0.29, 0.717) is 31.7 Å². The predicted molar refractivity (Wildman–Crippen MR) is 123 cm³/mol. The van der Waals surface area contributed by atoms with Gasteiger partial charge in [-0.3, -0.25) is 4.79 Å². The van der Waals surface area contributed by atoms with Gasteiger partial charge in [-0.25, -0.2) is 8.42 Å². The number of carbonyl (C=O) groups is 1. The molecule has 2 aromatic rings. The van der Waals surface area contributed by atoms with Gasteiger partial charge in [0.05, 0.1) is 4.90 Å². The maximum absolute atomic E-state index is 13.2. The minimum absolute atomic E-state index is 0.182. The summed E-state index contributed by atoms with van der Waals surface area (Å²) in [4.78, 5) is 15.1. The molecule has 31 heavy (non-hydrogen) atoms. The van der Waals surface area contributed by atoms with Crippen LogP contribution in [0.25, 0.3) is 0 Å². The van der Waals surface area contributed by atoms with Crippen LogP contribution in [0.2, 0.25) is 0 Å². The zero-order valence-corrected chi connectivity index (χ0v) is 18.7. The third-order valence-electron chi connectivity index (χ3n) is 6.28. The van der Waals surface area contributed by atoms with E-state index >= 15 is 0 Å². The number of sulfonamides is 1. The minimum atomic E-state index is -3.64. The minimum Gasteiger partial charge on any atom is -0.369 e. The van der Waals surface area contributed by atoms with Crippen LogP contribution in [0, 0.1) is 0 Å². The van der Waals surface area contributed by atoms with E-state index in [0.717, 1.165) is 31.4 Å². The monoisotopic (exact) mass is 441 g/mol. The van der Waals surface area contributed by atoms with E-state index in [2.05, 4.69) is 10.2 Å². The first-order chi connectivity index (χ1) is 15.0. The second kappa shape index (κ2) is 9.83. The fourth-order valence-electron chi connectivity index (χ4n) is 4.46. The van der Waals surface area contributed by atoms with Crippen LogP contribution >= 0.6 is 0 Å². The smallest absolute Gasteiger partial charge is 0.251 e. The highest BCUT2D eigenvalue weighted by Gasteiger charge is 2.29. The lowest BCUT2D eigenvalue weighted by molar-refractivity contribution is 0.0933. The van der Waals surface area contributed by atoms with Crippen LogP contribution in [0.3, 0.4) is 0 Å². The third kappa shape index (κ3) is 5.28. The Labute approximate surface area is 185 Å². The number of rotatable bonds is 5. The maximum atomic E-state index is 13.2. The van der Waals surface area contributed by atoms with Gasteiger partial charge in [0, 0.05) is 43.5 Å². The molecule has 2 aliphatic rings. The van der Waals surface area contributed by atoms with Crippen LogP contribution in [-0.2, 0) is 10.0 Å². The number of anilines is 1. The lowest BCUT2D eigenvalue weighted by Gasteiger charge is -2.35. The van der Waals surface area contributed by atoms with E-state index in [1.54, 1.807) is 18.2 Å². The molecule has 1 aliphatic carbocycles. The van der Waals surface area contributed by atoms with E-state index in [1.165, 1.54) is 23.2 Å². The Kier molecular flexibility index (Phi) is 6.92. The summed E-state index contributed by atoms with van der Waals surface area (Å²) in [5, 5.41) is 3.10. The van der Waals surface area contributed by atoms with Crippen LogP contribution in [0.15, 0.2) is 59.5 Å². The maximum Gasteiger partial charge on any atom is 0.251 e. The summed E-state index contributed by atoms with van der Waals surface area (Å²) >= 11 is 0. The van der Waals surface area contributed by atoms with Gasteiger partial charge >= 0.3 is 0 Å². The first kappa shape index (κ1) is 21.8. The Hall–Kier alpha value is -2.38. The van der Waals surface area contributed by atoms with Crippen molar-refractivity contribution < 1.29 is 13.2 Å². The summed E-state index contributed by atoms with van der Waals surface area (Å²) in [6.07, 6.45) is 6.70. The lowest BCUT2D eigenvalue weighted by atomic mass is 10.1. The Morgan fingerprint density at radius 1 is 0.839 bits per heavy atom. The number of amides is 1. The van der Waals surface area contributed by atoms with Crippen molar-refractivity contribution in [2.75, 3.05) is 31.1 Å². The number of carbonyl (C=O) groups excluding carboxylic acids is 1. The lowest BCUT2D eigenvalue weighted by Crippen LogP contribution is -2.48. The van der Waals surface area contributed by atoms with Crippen molar-refractivity contribution in [2.24, 2.45) is 0 Å². The first-order valence-corrected chi connectivity index (χ1v) is 12.7. The zero-order valence-electron chi connectivity index (χ0n) is 17.9. The van der Waals surface area contributed by atoms with Gasteiger partial charge in [0.2, 0.25) is 10.0 Å². The van der Waals surface area contributed by atoms with E-state index in [4.69, 9.17) is 0 Å². The molecule has 0 bridgehead atoms. The van der Waals surface area contributed by atoms with Gasteiger partial charge in [0.1, 0.15) is 0 Å². The molecule has 0 unspecified atom stereocenters. The van der Waals surface area contributed by atoms with Gasteiger partial charge in [0.25, 0.3) is 5.91 Å². The molecule has 0 atom stereocenters. The average Bonchev–Trinajstić information content (AvgIpc) is 3.08. The highest BCUT2D eigenvalue weighted by atomic mass is 32.2. The molecule has 7 heteroatoms. The van der Waals surface area contributed by atoms with Crippen LogP contribution in [0.5, 0.6) is 0 Å². The molecule has 1 saturated heterocycles. The number of piperazine rings is 1. The van der Waals surface area contributed by atoms with Crippen molar-refractivity contribution in [1.82, 2.24) is 9.62 Å². The van der Waals surface area contributed by atoms with E-state index < -0.39 is 10.0 Å². The largest absolute Gasteiger partial charge is 0.369 e. The number of para-hydroxylation sites is 1. The Morgan fingerprint density at radius 2 is 1.52 bits per heavy atom. The summed E-state index contributed by atoms with van der Waals surface area (Å²) in [6, 6.07) is 16.7. The topological polar surface area (TPSA) is 69.7 Å². The van der Waals surface area contributed by atoms with Crippen LogP contribution in [0.4, 0.5) is 5.69 Å². The highest BCUT2D eigenvalue weighted by Crippen LogP contribution is 2.22. The molecule has 0 radical (unpaired) electrons. The summed E-state index contributed by atoms with van der Waals surface area (Å²) in [6.45, 7) is 2.14. The van der Waals surface area contributed by atoms with Crippen molar-refractivity contribution in [1.29, 1.82) is 0 Å². The fourth-order valence-corrected chi connectivity index (χ4v) is 5.93. The van der Waals surface area contributed by atoms with Crippen molar-refractivity contribution in [2.45, 2.75) is 49.5 Å². The van der Waals surface area contributed by atoms with Gasteiger partial charge in [-0.1, -0.05) is 49.9 Å². The van der Waals surface area contributed by atoms with Gasteiger partial charge in [-0.15, -0.1) is 0 Å². The molecule has 1 N–H and O–H groups in total. The van der Waals surface area contributed by atoms with E-state index in [1.807, 2.05) is 30.3 Å². The van der Waals surface area contributed by atoms with E-state index in [-0.39, 0.29) is 16.8 Å². The second-order valence-electron chi connectivity index (χ2n) is 8.42. The first-order valence-electron chi connectivity index (χ1n) is 11.2. The number of benzene rings is 2. The van der Waals surface area contributed by atoms with Crippen LogP contribution in [-0.4, -0.2) is 50.9 Å². The molecule has 1 aliphatic heterocycles. The number of hydrogen-bond acceptors (Lipinski definition) is 4. The average molecular weight is 442 g/mol. The molecule has 1 amide bonds. The molecule has 2 fully saturated rings. The van der Waals surface area contributed by atoms with Gasteiger partial charge in [-0.2, -0.15) is 4.31 Å². The number of hydrogen-bond donors (Lipinski definition) is 1. The van der Waals surface area contributed by atoms with Crippen molar-refractivity contribution in [3.05, 3.63) is 60.2 Å².